The number of benzene rings is 3. The van der Waals surface area contributed by atoms with E-state index in [0.717, 1.165) is 102 Å². The van der Waals surface area contributed by atoms with Crippen LogP contribution >= 0.6 is 0 Å². The van der Waals surface area contributed by atoms with Gasteiger partial charge < -0.3 is 25.2 Å². The number of nitrogens with one attached hydrogen (secondary N) is 3. The van der Waals surface area contributed by atoms with Crippen molar-refractivity contribution in [2.45, 2.75) is 38.3 Å². The molecule has 3 fully saturated rings. The number of fused-ring (bicyclic) bond motifs is 3. The SMILES string of the molecule is Cc1c(-c2ccc3cnc(Nc4ccc(N5CCCN(C6CN(c7ccc8c(c7)C(=O)N(C7CCC(=O)NC7=O)C8=O)C6)CC5)cc4)nc3c2)cnc2c1NCCO2. The summed E-state index contributed by atoms with van der Waals surface area (Å²) in [5.74, 6) is -0.785. The van der Waals surface area contributed by atoms with Crippen molar-refractivity contribution in [3.63, 3.8) is 0 Å². The van der Waals surface area contributed by atoms with E-state index in [-0.39, 0.29) is 18.7 Å². The highest BCUT2D eigenvalue weighted by molar-refractivity contribution is 6.23. The second-order valence-electron chi connectivity index (χ2n) is 15.5. The van der Waals surface area contributed by atoms with Crippen molar-refractivity contribution in [2.24, 2.45) is 0 Å². The molecule has 3 saturated heterocycles. The molecule has 0 radical (unpaired) electrons. The first-order valence-electron chi connectivity index (χ1n) is 19.9. The van der Waals surface area contributed by atoms with E-state index < -0.39 is 23.8 Å². The van der Waals surface area contributed by atoms with Gasteiger partial charge in [-0.25, -0.2) is 15.0 Å². The molecule has 15 heteroatoms. The Kier molecular flexibility index (Phi) is 8.88. The Bertz CT molecular complexity index is 2500. The van der Waals surface area contributed by atoms with Crippen LogP contribution in [0.3, 0.4) is 0 Å². The minimum absolute atomic E-state index is 0.0950. The summed E-state index contributed by atoms with van der Waals surface area (Å²) in [6, 6.07) is 19.4. The molecule has 0 aliphatic carbocycles. The van der Waals surface area contributed by atoms with Gasteiger partial charge >= 0.3 is 0 Å². The standard InChI is InChI=1S/C43H42N10O5/c1-25-34(22-45-40-38(25)44-13-18-58-40)26-3-4-27-21-46-43(48-35(27)19-26)47-28-5-7-29(8-6-28)50-14-2-15-51(17-16-50)31-23-52(24-31)30-9-10-32-33(20-30)42(57)53(41(32)56)36-11-12-37(54)49-39(36)55/h3-10,19-22,31,36,44H,2,11-18,23-24H2,1H3,(H,46,47,48)(H,49,54,55). The van der Waals surface area contributed by atoms with Crippen LogP contribution in [0.1, 0.15) is 45.5 Å². The van der Waals surface area contributed by atoms with Crippen LogP contribution in [0.15, 0.2) is 73.1 Å². The predicted octanol–water partition coefficient (Wildman–Crippen LogP) is 4.35. The summed E-state index contributed by atoms with van der Waals surface area (Å²) >= 11 is 0. The van der Waals surface area contributed by atoms with Crippen molar-refractivity contribution in [3.05, 3.63) is 89.7 Å². The summed E-state index contributed by atoms with van der Waals surface area (Å²) < 4.78 is 5.72. The number of aromatic nitrogens is 3. The molecule has 3 aromatic carbocycles. The van der Waals surface area contributed by atoms with Crippen molar-refractivity contribution >= 4 is 63.2 Å². The molecule has 15 nitrogen and oxygen atoms in total. The summed E-state index contributed by atoms with van der Waals surface area (Å²) in [6.45, 7) is 8.92. The first-order valence-corrected chi connectivity index (χ1v) is 19.9. The average Bonchev–Trinajstić information content (AvgIpc) is 3.33. The Balaban J connectivity index is 0.746. The highest BCUT2D eigenvalue weighted by Crippen LogP contribution is 2.37. The fraction of sp³-hybridized carbons (Fsp3) is 0.326. The fourth-order valence-electron chi connectivity index (χ4n) is 8.76. The summed E-state index contributed by atoms with van der Waals surface area (Å²) in [5.41, 5.74) is 8.52. The normalized spacial score (nSPS) is 19.9. The molecule has 294 valence electrons. The maximum Gasteiger partial charge on any atom is 0.262 e. The molecular weight excluding hydrogens is 737 g/mol. The number of ether oxygens (including phenoxy) is 1. The quantitative estimate of drug-likeness (QED) is 0.200. The van der Waals surface area contributed by atoms with Crippen LogP contribution in [-0.2, 0) is 9.59 Å². The molecule has 5 aliphatic heterocycles. The lowest BCUT2D eigenvalue weighted by Crippen LogP contribution is -2.60. The summed E-state index contributed by atoms with van der Waals surface area (Å²) in [7, 11) is 0. The topological polar surface area (TPSA) is 165 Å². The van der Waals surface area contributed by atoms with E-state index in [2.05, 4.69) is 83.9 Å². The van der Waals surface area contributed by atoms with E-state index in [9.17, 15) is 19.2 Å². The fourth-order valence-corrected chi connectivity index (χ4v) is 8.76. The van der Waals surface area contributed by atoms with E-state index >= 15 is 0 Å². The van der Waals surface area contributed by atoms with E-state index in [1.807, 2.05) is 24.5 Å². The number of piperidine rings is 1. The van der Waals surface area contributed by atoms with Gasteiger partial charge in [0.1, 0.15) is 18.3 Å². The van der Waals surface area contributed by atoms with Gasteiger partial charge in [0, 0.05) is 98.7 Å². The summed E-state index contributed by atoms with van der Waals surface area (Å²) in [6.07, 6.45) is 4.98. The van der Waals surface area contributed by atoms with Gasteiger partial charge in [-0.05, 0) is 79.4 Å². The van der Waals surface area contributed by atoms with E-state index in [1.165, 1.54) is 5.69 Å². The Morgan fingerprint density at radius 3 is 2.48 bits per heavy atom. The smallest absolute Gasteiger partial charge is 0.262 e. The summed E-state index contributed by atoms with van der Waals surface area (Å²) in [4.78, 5) is 72.8. The van der Waals surface area contributed by atoms with Crippen LogP contribution in [0.5, 0.6) is 5.88 Å². The van der Waals surface area contributed by atoms with Gasteiger partial charge in [0.25, 0.3) is 11.8 Å². The van der Waals surface area contributed by atoms with Gasteiger partial charge in [0.05, 0.1) is 16.6 Å². The average molecular weight is 779 g/mol. The molecule has 3 N–H and O–H groups in total. The number of carbonyl (C=O) groups is 4. The second-order valence-corrected chi connectivity index (χ2v) is 15.5. The molecule has 1 unspecified atom stereocenters. The highest BCUT2D eigenvalue weighted by atomic mass is 16.5. The lowest BCUT2D eigenvalue weighted by Gasteiger charge is -2.46. The number of carbonyl (C=O) groups excluding carboxylic acids is 4. The molecule has 0 spiro atoms. The van der Waals surface area contributed by atoms with Crippen LogP contribution in [0.4, 0.5) is 28.7 Å². The molecule has 1 atom stereocenters. The molecule has 7 heterocycles. The summed E-state index contributed by atoms with van der Waals surface area (Å²) in [5, 5.41) is 10.0. The molecular formula is C43H42N10O5. The molecule has 0 saturated carbocycles. The zero-order valence-electron chi connectivity index (χ0n) is 32.0. The number of pyridine rings is 1. The van der Waals surface area contributed by atoms with Gasteiger partial charge in [0.15, 0.2) is 0 Å². The first-order chi connectivity index (χ1) is 28.3. The van der Waals surface area contributed by atoms with E-state index in [1.54, 1.807) is 12.1 Å². The highest BCUT2D eigenvalue weighted by Gasteiger charge is 2.45. The molecule has 2 aromatic heterocycles. The molecule has 0 bridgehead atoms. The number of nitrogens with zero attached hydrogens (tertiary/aromatic N) is 7. The van der Waals surface area contributed by atoms with Crippen LogP contribution in [-0.4, -0.2) is 113 Å². The van der Waals surface area contributed by atoms with Crippen LogP contribution < -0.4 is 30.5 Å². The van der Waals surface area contributed by atoms with Gasteiger partial charge in [-0.15, -0.1) is 0 Å². The zero-order valence-corrected chi connectivity index (χ0v) is 32.0. The van der Waals surface area contributed by atoms with Gasteiger partial charge in [0.2, 0.25) is 23.6 Å². The minimum Gasteiger partial charge on any atom is -0.474 e. The molecule has 58 heavy (non-hydrogen) atoms. The van der Waals surface area contributed by atoms with Crippen molar-refractivity contribution in [1.29, 1.82) is 0 Å². The maximum absolute atomic E-state index is 13.3. The Morgan fingerprint density at radius 1 is 0.810 bits per heavy atom. The first kappa shape index (κ1) is 35.8. The lowest BCUT2D eigenvalue weighted by molar-refractivity contribution is -0.136. The zero-order chi connectivity index (χ0) is 39.5. The third-order valence-electron chi connectivity index (χ3n) is 12.0. The maximum atomic E-state index is 13.3. The largest absolute Gasteiger partial charge is 0.474 e. The minimum atomic E-state index is -0.970. The lowest BCUT2D eigenvalue weighted by atomic mass is 10.00. The molecule has 10 rings (SSSR count). The van der Waals surface area contributed by atoms with Gasteiger partial charge in [-0.1, -0.05) is 12.1 Å². The van der Waals surface area contributed by atoms with Crippen molar-refractivity contribution in [1.82, 2.24) is 30.1 Å². The third-order valence-corrected chi connectivity index (χ3v) is 12.0. The Morgan fingerprint density at radius 2 is 1.64 bits per heavy atom. The van der Waals surface area contributed by atoms with Crippen molar-refractivity contribution in [2.75, 3.05) is 72.9 Å². The number of anilines is 5. The van der Waals surface area contributed by atoms with Crippen LogP contribution in [0.25, 0.3) is 22.0 Å². The monoisotopic (exact) mass is 778 g/mol. The predicted molar refractivity (Wildman–Crippen MR) is 219 cm³/mol. The van der Waals surface area contributed by atoms with E-state index in [0.29, 0.717) is 35.6 Å². The molecule has 5 aromatic rings. The Labute approximate surface area is 334 Å². The Hall–Kier alpha value is -6.61. The number of amides is 4. The number of imide groups is 2. The van der Waals surface area contributed by atoms with E-state index in [4.69, 9.17) is 9.72 Å². The van der Waals surface area contributed by atoms with Crippen LogP contribution in [0, 0.1) is 6.92 Å². The van der Waals surface area contributed by atoms with Gasteiger partial charge in [-0.3, -0.25) is 34.3 Å². The van der Waals surface area contributed by atoms with Crippen molar-refractivity contribution in [3.8, 4) is 17.0 Å². The number of rotatable bonds is 7. The second kappa shape index (κ2) is 14.4. The van der Waals surface area contributed by atoms with Crippen molar-refractivity contribution < 1.29 is 23.9 Å². The number of hydrogen-bond acceptors (Lipinski definition) is 13. The molecule has 4 amide bonds. The third kappa shape index (κ3) is 6.40. The van der Waals surface area contributed by atoms with Crippen LogP contribution in [0.2, 0.25) is 0 Å². The molecule has 5 aliphatic rings. The van der Waals surface area contributed by atoms with Gasteiger partial charge in [-0.2, -0.15) is 0 Å². The number of hydrogen-bond donors (Lipinski definition) is 3.